The van der Waals surface area contributed by atoms with Crippen LogP contribution in [0.1, 0.15) is 5.56 Å². The first-order valence-electron chi connectivity index (χ1n) is 8.55. The normalized spacial score (nSPS) is 20.7. The van der Waals surface area contributed by atoms with Gasteiger partial charge in [-0.15, -0.1) is 0 Å². The number of carbonyl (C=O) groups excluding carboxylic acids is 2. The summed E-state index contributed by atoms with van der Waals surface area (Å²) < 4.78 is 10.3. The molecule has 0 N–H and O–H groups in total. The lowest BCUT2D eigenvalue weighted by Gasteiger charge is -2.21. The number of benzene rings is 2. The highest BCUT2D eigenvalue weighted by Crippen LogP contribution is 2.35. The number of carbonyl (C=O) groups is 2. The third-order valence-electron chi connectivity index (χ3n) is 4.76. The molecule has 2 aliphatic rings. The maximum Gasteiger partial charge on any atom is 0.263 e. The van der Waals surface area contributed by atoms with E-state index in [2.05, 4.69) is 10.3 Å². The topological polar surface area (TPSA) is 83.8 Å². The lowest BCUT2D eigenvalue weighted by molar-refractivity contribution is -0.123. The Morgan fingerprint density at radius 3 is 2.43 bits per heavy atom. The van der Waals surface area contributed by atoms with Crippen molar-refractivity contribution in [2.45, 2.75) is 18.6 Å². The van der Waals surface area contributed by atoms with Crippen LogP contribution in [-0.4, -0.2) is 43.1 Å². The molecule has 28 heavy (non-hydrogen) atoms. The van der Waals surface area contributed by atoms with Crippen LogP contribution in [0.2, 0.25) is 5.02 Å². The number of anilines is 1. The summed E-state index contributed by atoms with van der Waals surface area (Å²) in [5.41, 5.74) is 1.31. The zero-order chi connectivity index (χ0) is 19.8. The number of nitrogens with zero attached hydrogens (tertiary/aromatic N) is 4. The maximum atomic E-state index is 13.0. The molecule has 144 valence electrons. The maximum absolute atomic E-state index is 13.0. The van der Waals surface area contributed by atoms with E-state index >= 15 is 0 Å². The molecule has 0 aliphatic carbocycles. The van der Waals surface area contributed by atoms with E-state index in [1.54, 1.807) is 19.2 Å². The molecule has 2 aromatic carbocycles. The number of imide groups is 1. The van der Waals surface area contributed by atoms with E-state index in [1.165, 1.54) is 18.2 Å². The number of methoxy groups -OCH3 is 2. The first-order valence-corrected chi connectivity index (χ1v) is 8.93. The average molecular weight is 401 g/mol. The highest BCUT2D eigenvalue weighted by atomic mass is 35.5. The molecule has 2 aromatic rings. The number of hydrogen-bond acceptors (Lipinski definition) is 7. The van der Waals surface area contributed by atoms with Gasteiger partial charge in [-0.1, -0.05) is 29.0 Å². The van der Waals surface area contributed by atoms with Crippen molar-refractivity contribution in [3.8, 4) is 11.5 Å². The summed E-state index contributed by atoms with van der Waals surface area (Å²) in [4.78, 5) is 26.9. The van der Waals surface area contributed by atoms with Gasteiger partial charge >= 0.3 is 0 Å². The van der Waals surface area contributed by atoms with Gasteiger partial charge in [-0.25, -0.2) is 4.90 Å². The van der Waals surface area contributed by atoms with Gasteiger partial charge in [0.25, 0.3) is 11.8 Å². The van der Waals surface area contributed by atoms with Crippen LogP contribution in [0.4, 0.5) is 5.69 Å². The molecular weight excluding hydrogens is 384 g/mol. The van der Waals surface area contributed by atoms with Gasteiger partial charge in [0, 0.05) is 0 Å². The van der Waals surface area contributed by atoms with E-state index in [0.717, 1.165) is 16.2 Å². The summed E-state index contributed by atoms with van der Waals surface area (Å²) in [6.07, 6.45) is 0. The molecule has 2 atom stereocenters. The summed E-state index contributed by atoms with van der Waals surface area (Å²) in [6, 6.07) is 10.5. The van der Waals surface area contributed by atoms with Crippen molar-refractivity contribution in [2.24, 2.45) is 10.3 Å². The predicted octanol–water partition coefficient (Wildman–Crippen LogP) is 2.85. The fourth-order valence-corrected chi connectivity index (χ4v) is 3.57. The zero-order valence-electron chi connectivity index (χ0n) is 15.2. The van der Waals surface area contributed by atoms with Gasteiger partial charge in [0.2, 0.25) is 0 Å². The fourth-order valence-electron chi connectivity index (χ4n) is 3.32. The van der Waals surface area contributed by atoms with Gasteiger partial charge in [-0.3, -0.25) is 14.6 Å². The van der Waals surface area contributed by atoms with Crippen LogP contribution >= 0.6 is 11.6 Å². The molecular formula is C19H17ClN4O4. The second-order valence-corrected chi connectivity index (χ2v) is 6.78. The summed E-state index contributed by atoms with van der Waals surface area (Å²) in [7, 11) is 3.09. The third kappa shape index (κ3) is 2.95. The average Bonchev–Trinajstić information content (AvgIpc) is 3.22. The number of halogens is 1. The largest absolute Gasteiger partial charge is 0.497 e. The number of ether oxygens (including phenoxy) is 2. The predicted molar refractivity (Wildman–Crippen MR) is 101 cm³/mol. The standard InChI is InChI=1S/C19H17ClN4O4/c1-27-13-6-3-11(4-7-13)10-23-17-16(21-22-23)18(25)24(19(17)26)12-5-8-15(28-2)14(20)9-12/h3-9,16-17H,10H2,1-2H3/t16-,17+/m0/s1. The second-order valence-electron chi connectivity index (χ2n) is 6.37. The van der Waals surface area contributed by atoms with Crippen LogP contribution in [0.3, 0.4) is 0 Å². The van der Waals surface area contributed by atoms with Crippen LogP contribution < -0.4 is 14.4 Å². The molecule has 4 rings (SSSR count). The highest BCUT2D eigenvalue weighted by Gasteiger charge is 2.54. The van der Waals surface area contributed by atoms with E-state index < -0.39 is 18.0 Å². The Morgan fingerprint density at radius 2 is 1.79 bits per heavy atom. The number of hydrogen-bond donors (Lipinski definition) is 0. The summed E-state index contributed by atoms with van der Waals surface area (Å²) in [5.74, 6) is 0.400. The van der Waals surface area contributed by atoms with Crippen LogP contribution in [-0.2, 0) is 16.1 Å². The Kier molecular flexibility index (Phi) is 4.64. The molecule has 8 nitrogen and oxygen atoms in total. The van der Waals surface area contributed by atoms with Crippen LogP contribution in [0.15, 0.2) is 52.8 Å². The Labute approximate surface area is 166 Å². The molecule has 0 aromatic heterocycles. The van der Waals surface area contributed by atoms with E-state index in [0.29, 0.717) is 23.0 Å². The van der Waals surface area contributed by atoms with Crippen molar-refractivity contribution < 1.29 is 19.1 Å². The van der Waals surface area contributed by atoms with Crippen molar-refractivity contribution in [1.82, 2.24) is 5.01 Å². The van der Waals surface area contributed by atoms with Crippen LogP contribution in [0.25, 0.3) is 0 Å². The van der Waals surface area contributed by atoms with Crippen molar-refractivity contribution in [3.05, 3.63) is 53.1 Å². The van der Waals surface area contributed by atoms with E-state index in [1.807, 2.05) is 24.3 Å². The highest BCUT2D eigenvalue weighted by molar-refractivity contribution is 6.33. The quantitative estimate of drug-likeness (QED) is 0.720. The zero-order valence-corrected chi connectivity index (χ0v) is 16.0. The monoisotopic (exact) mass is 400 g/mol. The van der Waals surface area contributed by atoms with E-state index in [9.17, 15) is 9.59 Å². The summed E-state index contributed by atoms with van der Waals surface area (Å²) in [6.45, 7) is 0.352. The summed E-state index contributed by atoms with van der Waals surface area (Å²) in [5, 5.41) is 9.93. The Bertz CT molecular complexity index is 963. The van der Waals surface area contributed by atoms with Gasteiger partial charge in [0.1, 0.15) is 11.5 Å². The van der Waals surface area contributed by atoms with Gasteiger partial charge < -0.3 is 9.47 Å². The summed E-state index contributed by atoms with van der Waals surface area (Å²) >= 11 is 6.15. The van der Waals surface area contributed by atoms with Crippen molar-refractivity contribution in [3.63, 3.8) is 0 Å². The van der Waals surface area contributed by atoms with Crippen molar-refractivity contribution in [1.29, 1.82) is 0 Å². The number of amides is 2. The number of rotatable bonds is 5. The third-order valence-corrected chi connectivity index (χ3v) is 5.05. The Morgan fingerprint density at radius 1 is 1.04 bits per heavy atom. The van der Waals surface area contributed by atoms with E-state index in [4.69, 9.17) is 21.1 Å². The van der Waals surface area contributed by atoms with E-state index in [-0.39, 0.29) is 5.91 Å². The lowest BCUT2D eigenvalue weighted by atomic mass is 10.1. The first kappa shape index (κ1) is 18.2. The number of fused-ring (bicyclic) bond motifs is 1. The molecule has 0 unspecified atom stereocenters. The van der Waals surface area contributed by atoms with Gasteiger partial charge in [-0.2, -0.15) is 5.11 Å². The van der Waals surface area contributed by atoms with Crippen LogP contribution in [0, 0.1) is 0 Å². The minimum absolute atomic E-state index is 0.314. The minimum Gasteiger partial charge on any atom is -0.497 e. The molecule has 2 amide bonds. The molecule has 1 fully saturated rings. The molecule has 9 heteroatoms. The SMILES string of the molecule is COc1ccc(CN2N=N[C@@H]3C(=O)N(c4ccc(OC)c(Cl)c4)C(=O)[C@@H]32)cc1. The Hall–Kier alpha value is -3.13. The molecule has 0 radical (unpaired) electrons. The molecule has 2 heterocycles. The minimum atomic E-state index is -0.855. The smallest absolute Gasteiger partial charge is 0.263 e. The first-order chi connectivity index (χ1) is 13.5. The molecule has 2 aliphatic heterocycles. The fraction of sp³-hybridized carbons (Fsp3) is 0.263. The molecule has 0 bridgehead atoms. The molecule has 1 saturated heterocycles. The van der Waals surface area contributed by atoms with Gasteiger partial charge in [-0.05, 0) is 35.9 Å². The van der Waals surface area contributed by atoms with Gasteiger partial charge in [0.15, 0.2) is 12.1 Å². The second kappa shape index (κ2) is 7.12. The Balaban J connectivity index is 1.57. The molecule has 0 saturated carbocycles. The van der Waals surface area contributed by atoms with Crippen molar-refractivity contribution >= 4 is 29.1 Å². The van der Waals surface area contributed by atoms with Crippen molar-refractivity contribution in [2.75, 3.05) is 19.1 Å². The van der Waals surface area contributed by atoms with Crippen LogP contribution in [0.5, 0.6) is 11.5 Å². The molecule has 0 spiro atoms. The lowest BCUT2D eigenvalue weighted by Crippen LogP contribution is -2.39. The van der Waals surface area contributed by atoms with Gasteiger partial charge in [0.05, 0.1) is 31.5 Å².